The minimum atomic E-state index is -0.0617. The van der Waals surface area contributed by atoms with E-state index < -0.39 is 0 Å². The van der Waals surface area contributed by atoms with E-state index in [1.165, 1.54) is 0 Å². The van der Waals surface area contributed by atoms with Gasteiger partial charge in [0.2, 0.25) is 5.88 Å². The molecule has 8 nitrogen and oxygen atoms in total. The summed E-state index contributed by atoms with van der Waals surface area (Å²) >= 11 is 0. The second-order valence-electron chi connectivity index (χ2n) is 6.85. The molecule has 28 heavy (non-hydrogen) atoms. The first-order chi connectivity index (χ1) is 13.7. The Morgan fingerprint density at radius 3 is 3.04 bits per heavy atom. The van der Waals surface area contributed by atoms with Gasteiger partial charge in [0.15, 0.2) is 6.23 Å². The number of hydrogen-bond donors (Lipinski definition) is 1. The van der Waals surface area contributed by atoms with Crippen LogP contribution >= 0.6 is 0 Å². The molecule has 8 heteroatoms. The zero-order valence-electron chi connectivity index (χ0n) is 16.0. The van der Waals surface area contributed by atoms with Crippen LogP contribution in [0.25, 0.3) is 28.2 Å². The molecule has 4 heterocycles. The van der Waals surface area contributed by atoms with Crippen molar-refractivity contribution < 1.29 is 14.6 Å². The summed E-state index contributed by atoms with van der Waals surface area (Å²) in [4.78, 5) is 4.65. The van der Waals surface area contributed by atoms with Crippen LogP contribution in [0.15, 0.2) is 25.0 Å². The zero-order chi connectivity index (χ0) is 19.5. The minimum absolute atomic E-state index is 0.0617. The van der Waals surface area contributed by atoms with E-state index in [0.29, 0.717) is 18.9 Å². The lowest BCUT2D eigenvalue weighted by molar-refractivity contribution is -0.0367. The third-order valence-electron chi connectivity index (χ3n) is 4.94. The lowest BCUT2D eigenvalue weighted by atomic mass is 10.1. The molecule has 1 N–H and O–H groups in total. The predicted molar refractivity (Wildman–Crippen MR) is 106 cm³/mol. The highest BCUT2D eigenvalue weighted by Gasteiger charge is 2.22. The molecule has 0 aliphatic carbocycles. The van der Waals surface area contributed by atoms with Gasteiger partial charge in [0, 0.05) is 32.1 Å². The van der Waals surface area contributed by atoms with Gasteiger partial charge in [0.25, 0.3) is 0 Å². The van der Waals surface area contributed by atoms with Gasteiger partial charge in [0.05, 0.1) is 41.5 Å². The Kier molecular flexibility index (Phi) is 5.40. The fraction of sp³-hybridized carbons (Fsp3) is 0.450. The van der Waals surface area contributed by atoms with E-state index in [0.717, 1.165) is 53.7 Å². The topological polar surface area (TPSA) is 87.2 Å². The van der Waals surface area contributed by atoms with E-state index in [1.807, 2.05) is 24.0 Å². The number of hydrogen-bond acceptors (Lipinski definition) is 6. The maximum absolute atomic E-state index is 8.99. The van der Waals surface area contributed by atoms with Crippen molar-refractivity contribution in [3.05, 3.63) is 30.7 Å². The Labute approximate surface area is 163 Å². The Morgan fingerprint density at radius 2 is 2.29 bits per heavy atom. The van der Waals surface area contributed by atoms with Crippen molar-refractivity contribution in [2.24, 2.45) is 7.05 Å². The number of ether oxygens (including phenoxy) is 2. The van der Waals surface area contributed by atoms with Crippen molar-refractivity contribution >= 4 is 17.0 Å². The van der Waals surface area contributed by atoms with E-state index in [2.05, 4.69) is 16.7 Å². The van der Waals surface area contributed by atoms with Crippen LogP contribution < -0.4 is 4.74 Å². The molecule has 1 aliphatic rings. The standard InChI is InChI=1S/C20H25N5O3/c1-3-16-14-11-17(15-12-22-24(2)20(15)28-10-6-8-26)21-13-18(14)25(23-16)19-7-4-5-9-27-19/h3,11-13,19,26H,1,4-10H2,2H3. The quantitative estimate of drug-likeness (QED) is 0.631. The first-order valence-corrected chi connectivity index (χ1v) is 9.61. The molecule has 148 valence electrons. The summed E-state index contributed by atoms with van der Waals surface area (Å²) in [7, 11) is 1.82. The number of fused-ring (bicyclic) bond motifs is 1. The smallest absolute Gasteiger partial charge is 0.221 e. The minimum Gasteiger partial charge on any atom is -0.477 e. The Balaban J connectivity index is 1.73. The van der Waals surface area contributed by atoms with Crippen LogP contribution in [-0.4, -0.2) is 49.5 Å². The average molecular weight is 383 g/mol. The van der Waals surface area contributed by atoms with Gasteiger partial charge in [0.1, 0.15) is 0 Å². The molecular weight excluding hydrogens is 358 g/mol. The number of aliphatic hydroxyl groups is 1. The molecule has 1 unspecified atom stereocenters. The van der Waals surface area contributed by atoms with Crippen LogP contribution in [0.3, 0.4) is 0 Å². The largest absolute Gasteiger partial charge is 0.477 e. The summed E-state index contributed by atoms with van der Waals surface area (Å²) < 4.78 is 15.3. The fourth-order valence-electron chi connectivity index (χ4n) is 3.50. The van der Waals surface area contributed by atoms with E-state index in [4.69, 9.17) is 19.7 Å². The summed E-state index contributed by atoms with van der Waals surface area (Å²) in [5.74, 6) is 0.628. The Hall–Kier alpha value is -2.71. The second-order valence-corrected chi connectivity index (χ2v) is 6.85. The van der Waals surface area contributed by atoms with Crippen molar-refractivity contribution in [1.82, 2.24) is 24.5 Å². The van der Waals surface area contributed by atoms with Gasteiger partial charge >= 0.3 is 0 Å². The van der Waals surface area contributed by atoms with E-state index in [1.54, 1.807) is 17.0 Å². The van der Waals surface area contributed by atoms with Gasteiger partial charge in [-0.3, -0.25) is 4.98 Å². The van der Waals surface area contributed by atoms with E-state index in [9.17, 15) is 0 Å². The predicted octanol–water partition coefficient (Wildman–Crippen LogP) is 2.94. The van der Waals surface area contributed by atoms with Crippen LogP contribution in [0.5, 0.6) is 5.88 Å². The van der Waals surface area contributed by atoms with Crippen molar-refractivity contribution in [2.45, 2.75) is 31.9 Å². The van der Waals surface area contributed by atoms with Crippen LogP contribution in [0.1, 0.15) is 37.6 Å². The molecule has 1 atom stereocenters. The fourth-order valence-corrected chi connectivity index (χ4v) is 3.50. The second kappa shape index (κ2) is 8.12. The summed E-state index contributed by atoms with van der Waals surface area (Å²) in [5, 5.41) is 19.0. The molecule has 4 rings (SSSR count). The summed E-state index contributed by atoms with van der Waals surface area (Å²) in [6, 6.07) is 1.99. The summed E-state index contributed by atoms with van der Waals surface area (Å²) in [5.41, 5.74) is 3.29. The highest BCUT2D eigenvalue weighted by Crippen LogP contribution is 2.33. The lowest BCUT2D eigenvalue weighted by Gasteiger charge is -2.23. The van der Waals surface area contributed by atoms with Gasteiger partial charge in [-0.25, -0.2) is 9.36 Å². The lowest BCUT2D eigenvalue weighted by Crippen LogP contribution is -2.19. The average Bonchev–Trinajstić information content (AvgIpc) is 3.29. The molecule has 0 amide bonds. The molecular formula is C20H25N5O3. The number of rotatable bonds is 7. The summed E-state index contributed by atoms with van der Waals surface area (Å²) in [6.07, 6.45) is 8.99. The molecule has 1 aliphatic heterocycles. The first-order valence-electron chi connectivity index (χ1n) is 9.61. The molecule has 3 aromatic rings. The van der Waals surface area contributed by atoms with Crippen LogP contribution in [0.2, 0.25) is 0 Å². The maximum atomic E-state index is 8.99. The summed E-state index contributed by atoms with van der Waals surface area (Å²) in [6.45, 7) is 5.17. The third-order valence-corrected chi connectivity index (χ3v) is 4.94. The normalized spacial score (nSPS) is 17.1. The van der Waals surface area contributed by atoms with Gasteiger partial charge < -0.3 is 14.6 Å². The molecule has 0 spiro atoms. The number of aryl methyl sites for hydroxylation is 1. The van der Waals surface area contributed by atoms with Crippen LogP contribution in [0, 0.1) is 0 Å². The number of aromatic nitrogens is 5. The van der Waals surface area contributed by atoms with E-state index in [-0.39, 0.29) is 12.8 Å². The zero-order valence-corrected chi connectivity index (χ0v) is 16.0. The van der Waals surface area contributed by atoms with E-state index >= 15 is 0 Å². The highest BCUT2D eigenvalue weighted by molar-refractivity contribution is 5.89. The molecule has 1 fully saturated rings. The number of nitrogens with zero attached hydrogens (tertiary/aromatic N) is 5. The van der Waals surface area contributed by atoms with Gasteiger partial charge in [-0.2, -0.15) is 10.2 Å². The molecule has 0 radical (unpaired) electrons. The third kappa shape index (κ3) is 3.41. The number of aliphatic hydroxyl groups excluding tert-OH is 1. The van der Waals surface area contributed by atoms with Gasteiger partial charge in [-0.1, -0.05) is 6.58 Å². The SMILES string of the molecule is C=Cc1nn(C2CCCCO2)c2cnc(-c3cnn(C)c3OCCCO)cc12. The maximum Gasteiger partial charge on any atom is 0.221 e. The first kappa shape index (κ1) is 18.6. The highest BCUT2D eigenvalue weighted by atomic mass is 16.5. The number of pyridine rings is 1. The van der Waals surface area contributed by atoms with Crippen LogP contribution in [-0.2, 0) is 11.8 Å². The van der Waals surface area contributed by atoms with Gasteiger partial charge in [-0.05, 0) is 31.4 Å². The molecule has 0 bridgehead atoms. The van der Waals surface area contributed by atoms with Crippen molar-refractivity contribution in [3.8, 4) is 17.1 Å². The molecule has 1 saturated heterocycles. The Bertz CT molecular complexity index is 972. The van der Waals surface area contributed by atoms with Gasteiger partial charge in [-0.15, -0.1) is 0 Å². The molecule has 3 aromatic heterocycles. The van der Waals surface area contributed by atoms with Crippen molar-refractivity contribution in [3.63, 3.8) is 0 Å². The van der Waals surface area contributed by atoms with Crippen molar-refractivity contribution in [1.29, 1.82) is 0 Å². The molecule has 0 saturated carbocycles. The van der Waals surface area contributed by atoms with Crippen molar-refractivity contribution in [2.75, 3.05) is 19.8 Å². The van der Waals surface area contributed by atoms with Crippen LogP contribution in [0.4, 0.5) is 0 Å². The monoisotopic (exact) mass is 383 g/mol. The molecule has 0 aromatic carbocycles. The Morgan fingerprint density at radius 1 is 1.39 bits per heavy atom.